The molecular weight excluding hydrogens is 322 g/mol. The number of amides is 1. The fraction of sp³-hybridized carbons (Fsp3) is 0.278. The van der Waals surface area contributed by atoms with Crippen LogP contribution in [0.2, 0.25) is 0 Å². The third-order valence-electron chi connectivity index (χ3n) is 3.52. The maximum Gasteiger partial charge on any atom is 0.238 e. The molecule has 0 saturated carbocycles. The smallest absolute Gasteiger partial charge is 0.238 e. The van der Waals surface area contributed by atoms with Crippen molar-refractivity contribution in [1.82, 2.24) is 15.5 Å². The summed E-state index contributed by atoms with van der Waals surface area (Å²) in [7, 11) is 0. The van der Waals surface area contributed by atoms with Gasteiger partial charge >= 0.3 is 0 Å². The molecule has 0 unspecified atom stereocenters. The van der Waals surface area contributed by atoms with Crippen LogP contribution < -0.4 is 10.1 Å². The fourth-order valence-corrected chi connectivity index (χ4v) is 2.31. The van der Waals surface area contributed by atoms with Gasteiger partial charge in [-0.1, -0.05) is 23.4 Å². The van der Waals surface area contributed by atoms with Crippen LogP contribution >= 0.6 is 0 Å². The number of para-hydroxylation sites is 1. The molecule has 7 nitrogen and oxygen atoms in total. The molecule has 2 heterocycles. The predicted octanol–water partition coefficient (Wildman–Crippen LogP) is 2.98. The van der Waals surface area contributed by atoms with E-state index in [1.807, 2.05) is 31.2 Å². The van der Waals surface area contributed by atoms with E-state index < -0.39 is 0 Å². The number of furan rings is 1. The van der Waals surface area contributed by atoms with Gasteiger partial charge in [-0.3, -0.25) is 4.79 Å². The first-order valence-corrected chi connectivity index (χ1v) is 8.10. The van der Waals surface area contributed by atoms with Crippen LogP contribution in [-0.2, 0) is 17.8 Å². The minimum Gasteiger partial charge on any atom is -0.494 e. The summed E-state index contributed by atoms with van der Waals surface area (Å²) in [6.45, 7) is 2.92. The topological polar surface area (TPSA) is 90.4 Å². The zero-order valence-corrected chi connectivity index (χ0v) is 13.9. The Hall–Kier alpha value is -3.09. The van der Waals surface area contributed by atoms with Gasteiger partial charge in [0, 0.05) is 24.9 Å². The van der Waals surface area contributed by atoms with Crippen molar-refractivity contribution in [1.29, 1.82) is 0 Å². The summed E-state index contributed by atoms with van der Waals surface area (Å²) in [4.78, 5) is 16.2. The van der Waals surface area contributed by atoms with E-state index in [2.05, 4.69) is 15.5 Å². The van der Waals surface area contributed by atoms with Crippen LogP contribution in [0.5, 0.6) is 5.75 Å². The number of nitrogens with zero attached hydrogens (tertiary/aromatic N) is 2. The summed E-state index contributed by atoms with van der Waals surface area (Å²) in [5.74, 6) is 2.00. The maximum atomic E-state index is 12.0. The highest BCUT2D eigenvalue weighted by molar-refractivity contribution is 5.76. The number of benzene rings is 1. The molecule has 3 rings (SSSR count). The lowest BCUT2D eigenvalue weighted by Crippen LogP contribution is -2.23. The van der Waals surface area contributed by atoms with Gasteiger partial charge in [0.15, 0.2) is 5.76 Å². The molecule has 0 bridgehead atoms. The number of hydrogen-bond acceptors (Lipinski definition) is 6. The van der Waals surface area contributed by atoms with E-state index in [-0.39, 0.29) is 12.3 Å². The van der Waals surface area contributed by atoms with E-state index in [0.29, 0.717) is 37.0 Å². The molecule has 1 aromatic carbocycles. The third-order valence-corrected chi connectivity index (χ3v) is 3.52. The number of carbonyl (C=O) groups excluding carboxylic acids is 1. The molecule has 25 heavy (non-hydrogen) atoms. The van der Waals surface area contributed by atoms with Crippen molar-refractivity contribution in [2.75, 3.05) is 6.61 Å². The van der Waals surface area contributed by atoms with Gasteiger partial charge in [0.25, 0.3) is 0 Å². The lowest BCUT2D eigenvalue weighted by Gasteiger charge is -2.10. The Balaban J connectivity index is 1.49. The van der Waals surface area contributed by atoms with E-state index in [1.54, 1.807) is 18.4 Å². The second kappa shape index (κ2) is 8.14. The molecule has 1 amide bonds. The normalized spacial score (nSPS) is 10.6. The Morgan fingerprint density at radius 2 is 2.12 bits per heavy atom. The van der Waals surface area contributed by atoms with Crippen LogP contribution in [0.1, 0.15) is 24.8 Å². The standard InChI is InChI=1S/C18H19N3O4/c1-2-23-14-7-4-3-6-13(14)12-19-16(22)9-10-17-20-18(21-25-17)15-8-5-11-24-15/h3-8,11H,2,9-10,12H2,1H3,(H,19,22). The quantitative estimate of drug-likeness (QED) is 0.677. The number of carbonyl (C=O) groups is 1. The summed E-state index contributed by atoms with van der Waals surface area (Å²) in [5, 5.41) is 6.71. The Morgan fingerprint density at radius 1 is 1.24 bits per heavy atom. The molecule has 0 aliphatic heterocycles. The van der Waals surface area contributed by atoms with Crippen LogP contribution in [0.15, 0.2) is 51.6 Å². The number of aromatic nitrogens is 2. The first-order valence-electron chi connectivity index (χ1n) is 8.10. The minimum atomic E-state index is -0.0935. The largest absolute Gasteiger partial charge is 0.494 e. The molecule has 0 saturated heterocycles. The molecule has 2 aromatic heterocycles. The Labute approximate surface area is 145 Å². The molecular formula is C18H19N3O4. The number of aryl methyl sites for hydroxylation is 1. The van der Waals surface area contributed by atoms with E-state index in [1.165, 1.54) is 0 Å². The van der Waals surface area contributed by atoms with E-state index in [0.717, 1.165) is 11.3 Å². The molecule has 0 aliphatic carbocycles. The van der Waals surface area contributed by atoms with Gasteiger partial charge in [-0.2, -0.15) is 4.98 Å². The summed E-state index contributed by atoms with van der Waals surface area (Å²) in [6.07, 6.45) is 2.17. The van der Waals surface area contributed by atoms with Gasteiger partial charge in [0.1, 0.15) is 5.75 Å². The van der Waals surface area contributed by atoms with Crippen LogP contribution in [0.4, 0.5) is 0 Å². The Bertz CT molecular complexity index is 811. The monoisotopic (exact) mass is 341 g/mol. The first-order chi connectivity index (χ1) is 12.3. The minimum absolute atomic E-state index is 0.0935. The van der Waals surface area contributed by atoms with Crippen molar-refractivity contribution in [2.45, 2.75) is 26.3 Å². The Morgan fingerprint density at radius 3 is 2.92 bits per heavy atom. The van der Waals surface area contributed by atoms with Gasteiger partial charge < -0.3 is 19.0 Å². The molecule has 0 fully saturated rings. The summed E-state index contributed by atoms with van der Waals surface area (Å²) < 4.78 is 15.9. The first kappa shape index (κ1) is 16.8. The molecule has 1 N–H and O–H groups in total. The van der Waals surface area contributed by atoms with Crippen molar-refractivity contribution in [3.8, 4) is 17.3 Å². The van der Waals surface area contributed by atoms with Crippen molar-refractivity contribution in [3.63, 3.8) is 0 Å². The Kier molecular flexibility index (Phi) is 5.46. The highest BCUT2D eigenvalue weighted by atomic mass is 16.5. The number of nitrogens with one attached hydrogen (secondary N) is 1. The SMILES string of the molecule is CCOc1ccccc1CNC(=O)CCc1nc(-c2ccco2)no1. The van der Waals surface area contributed by atoms with Gasteiger partial charge in [0.05, 0.1) is 12.9 Å². The van der Waals surface area contributed by atoms with Crippen molar-refractivity contribution in [3.05, 3.63) is 54.1 Å². The zero-order valence-electron chi connectivity index (χ0n) is 13.9. The molecule has 130 valence electrons. The lowest BCUT2D eigenvalue weighted by atomic mass is 10.2. The van der Waals surface area contributed by atoms with Crippen LogP contribution in [-0.4, -0.2) is 22.7 Å². The number of ether oxygens (including phenoxy) is 1. The van der Waals surface area contributed by atoms with Gasteiger partial charge in [0.2, 0.25) is 17.6 Å². The van der Waals surface area contributed by atoms with E-state index in [9.17, 15) is 4.79 Å². The number of rotatable bonds is 8. The summed E-state index contributed by atoms with van der Waals surface area (Å²) in [5.41, 5.74) is 0.940. The van der Waals surface area contributed by atoms with Crippen LogP contribution in [0.25, 0.3) is 11.6 Å². The van der Waals surface area contributed by atoms with E-state index in [4.69, 9.17) is 13.7 Å². The third kappa shape index (κ3) is 4.47. The molecule has 0 aliphatic rings. The zero-order chi connectivity index (χ0) is 17.5. The summed E-state index contributed by atoms with van der Waals surface area (Å²) in [6, 6.07) is 11.1. The lowest BCUT2D eigenvalue weighted by molar-refractivity contribution is -0.121. The van der Waals surface area contributed by atoms with Crippen molar-refractivity contribution in [2.24, 2.45) is 0 Å². The maximum absolute atomic E-state index is 12.0. The average molecular weight is 341 g/mol. The van der Waals surface area contributed by atoms with Gasteiger partial charge in [-0.05, 0) is 25.1 Å². The molecule has 0 spiro atoms. The molecule has 7 heteroatoms. The molecule has 0 atom stereocenters. The highest BCUT2D eigenvalue weighted by Gasteiger charge is 2.12. The fourth-order valence-electron chi connectivity index (χ4n) is 2.31. The van der Waals surface area contributed by atoms with Crippen molar-refractivity contribution < 1.29 is 18.5 Å². The molecule has 0 radical (unpaired) electrons. The van der Waals surface area contributed by atoms with Gasteiger partial charge in [-0.25, -0.2) is 0 Å². The van der Waals surface area contributed by atoms with Crippen LogP contribution in [0.3, 0.4) is 0 Å². The second-order valence-corrected chi connectivity index (χ2v) is 5.31. The predicted molar refractivity (Wildman–Crippen MR) is 89.8 cm³/mol. The second-order valence-electron chi connectivity index (χ2n) is 5.31. The van der Waals surface area contributed by atoms with E-state index >= 15 is 0 Å². The van der Waals surface area contributed by atoms with Crippen LogP contribution in [0, 0.1) is 0 Å². The molecule has 3 aromatic rings. The highest BCUT2D eigenvalue weighted by Crippen LogP contribution is 2.18. The van der Waals surface area contributed by atoms with Gasteiger partial charge in [-0.15, -0.1) is 0 Å². The van der Waals surface area contributed by atoms with Crippen molar-refractivity contribution >= 4 is 5.91 Å². The summed E-state index contributed by atoms with van der Waals surface area (Å²) >= 11 is 0. The number of hydrogen-bond donors (Lipinski definition) is 1. The average Bonchev–Trinajstić information content (AvgIpc) is 3.31.